The largest absolute Gasteiger partial charge is 0.497 e. The first kappa shape index (κ1) is 16.6. The van der Waals surface area contributed by atoms with Gasteiger partial charge in [0.15, 0.2) is 0 Å². The van der Waals surface area contributed by atoms with Gasteiger partial charge in [0.05, 0.1) is 25.3 Å². The SMILES string of the molecule is COc1ccc(OC)c(CCNC(=O)c2ccc3[nH]c(=O)[nH]c3c2)c1. The Morgan fingerprint density at radius 2 is 1.84 bits per heavy atom. The first-order valence-electron chi connectivity index (χ1n) is 7.82. The summed E-state index contributed by atoms with van der Waals surface area (Å²) in [5.74, 6) is 1.29. The fourth-order valence-electron chi connectivity index (χ4n) is 2.66. The molecule has 0 saturated heterocycles. The number of hydrogen-bond acceptors (Lipinski definition) is 4. The number of hydrogen-bond donors (Lipinski definition) is 3. The molecular formula is C18H19N3O4. The van der Waals surface area contributed by atoms with Gasteiger partial charge in [-0.2, -0.15) is 0 Å². The van der Waals surface area contributed by atoms with Crippen LogP contribution in [0, 0.1) is 0 Å². The van der Waals surface area contributed by atoms with Crippen LogP contribution in [-0.4, -0.2) is 36.6 Å². The van der Waals surface area contributed by atoms with Crippen LogP contribution < -0.4 is 20.5 Å². The van der Waals surface area contributed by atoms with Crippen molar-refractivity contribution in [3.8, 4) is 11.5 Å². The lowest BCUT2D eigenvalue weighted by Crippen LogP contribution is -2.25. The molecular weight excluding hydrogens is 322 g/mol. The van der Waals surface area contributed by atoms with E-state index in [0.29, 0.717) is 29.6 Å². The molecule has 0 saturated carbocycles. The lowest BCUT2D eigenvalue weighted by Gasteiger charge is -2.11. The van der Waals surface area contributed by atoms with Crippen molar-refractivity contribution in [2.24, 2.45) is 0 Å². The van der Waals surface area contributed by atoms with Crippen LogP contribution in [0.1, 0.15) is 15.9 Å². The van der Waals surface area contributed by atoms with Crippen LogP contribution in [0.25, 0.3) is 11.0 Å². The molecule has 2 aromatic carbocycles. The topological polar surface area (TPSA) is 96.2 Å². The highest BCUT2D eigenvalue weighted by Gasteiger charge is 2.09. The van der Waals surface area contributed by atoms with E-state index >= 15 is 0 Å². The normalized spacial score (nSPS) is 10.6. The summed E-state index contributed by atoms with van der Waals surface area (Å²) in [5, 5.41) is 2.87. The second kappa shape index (κ2) is 7.12. The second-order valence-corrected chi connectivity index (χ2v) is 5.52. The zero-order valence-corrected chi connectivity index (χ0v) is 14.0. The molecule has 0 radical (unpaired) electrons. The van der Waals surface area contributed by atoms with E-state index in [1.165, 1.54) is 0 Å². The van der Waals surface area contributed by atoms with Gasteiger partial charge in [-0.05, 0) is 48.4 Å². The summed E-state index contributed by atoms with van der Waals surface area (Å²) in [4.78, 5) is 28.9. The van der Waals surface area contributed by atoms with Crippen LogP contribution >= 0.6 is 0 Å². The number of imidazole rings is 1. The molecule has 3 N–H and O–H groups in total. The Kier molecular flexibility index (Phi) is 4.74. The number of methoxy groups -OCH3 is 2. The van der Waals surface area contributed by atoms with Gasteiger partial charge in [-0.15, -0.1) is 0 Å². The number of rotatable bonds is 6. The Morgan fingerprint density at radius 3 is 2.60 bits per heavy atom. The summed E-state index contributed by atoms with van der Waals surface area (Å²) in [7, 11) is 3.21. The molecule has 0 aliphatic carbocycles. The molecule has 3 aromatic rings. The lowest BCUT2D eigenvalue weighted by molar-refractivity contribution is 0.0954. The lowest BCUT2D eigenvalue weighted by atomic mass is 10.1. The zero-order chi connectivity index (χ0) is 17.8. The number of aromatic amines is 2. The maximum atomic E-state index is 12.3. The van der Waals surface area contributed by atoms with Crippen LogP contribution in [0.3, 0.4) is 0 Å². The van der Waals surface area contributed by atoms with Crippen molar-refractivity contribution in [3.05, 3.63) is 58.0 Å². The minimum absolute atomic E-state index is 0.203. The van der Waals surface area contributed by atoms with Gasteiger partial charge in [0.25, 0.3) is 5.91 Å². The zero-order valence-electron chi connectivity index (χ0n) is 14.0. The molecule has 0 bridgehead atoms. The van der Waals surface area contributed by atoms with Crippen molar-refractivity contribution >= 4 is 16.9 Å². The van der Waals surface area contributed by atoms with Crippen molar-refractivity contribution in [2.45, 2.75) is 6.42 Å². The minimum atomic E-state index is -0.294. The highest BCUT2D eigenvalue weighted by Crippen LogP contribution is 2.24. The van der Waals surface area contributed by atoms with E-state index in [-0.39, 0.29) is 11.6 Å². The van der Waals surface area contributed by atoms with Crippen LogP contribution in [0.2, 0.25) is 0 Å². The van der Waals surface area contributed by atoms with E-state index in [2.05, 4.69) is 15.3 Å². The quantitative estimate of drug-likeness (QED) is 0.637. The number of nitrogens with one attached hydrogen (secondary N) is 3. The maximum Gasteiger partial charge on any atom is 0.323 e. The number of ether oxygens (including phenoxy) is 2. The summed E-state index contributed by atoms with van der Waals surface area (Å²) in [6, 6.07) is 10.6. The Morgan fingerprint density at radius 1 is 1.04 bits per heavy atom. The first-order valence-corrected chi connectivity index (χ1v) is 7.82. The van der Waals surface area contributed by atoms with Gasteiger partial charge in [0.2, 0.25) is 0 Å². The van der Waals surface area contributed by atoms with Crippen molar-refractivity contribution in [1.82, 2.24) is 15.3 Å². The molecule has 0 fully saturated rings. The molecule has 0 aliphatic rings. The molecule has 7 heteroatoms. The number of carbonyl (C=O) groups is 1. The molecule has 0 atom stereocenters. The van der Waals surface area contributed by atoms with Gasteiger partial charge >= 0.3 is 5.69 Å². The van der Waals surface area contributed by atoms with Crippen LogP contribution in [-0.2, 0) is 6.42 Å². The predicted octanol–water partition coefficient (Wildman–Crippen LogP) is 1.85. The highest BCUT2D eigenvalue weighted by molar-refractivity contribution is 5.97. The summed E-state index contributed by atoms with van der Waals surface area (Å²) in [6.45, 7) is 0.448. The second-order valence-electron chi connectivity index (χ2n) is 5.52. The van der Waals surface area contributed by atoms with Crippen molar-refractivity contribution in [1.29, 1.82) is 0 Å². The molecule has 130 valence electrons. The average Bonchev–Trinajstić information content (AvgIpc) is 3.00. The smallest absolute Gasteiger partial charge is 0.323 e. The Balaban J connectivity index is 1.66. The minimum Gasteiger partial charge on any atom is -0.497 e. The monoisotopic (exact) mass is 341 g/mol. The van der Waals surface area contributed by atoms with E-state index in [1.807, 2.05) is 18.2 Å². The van der Waals surface area contributed by atoms with Crippen molar-refractivity contribution < 1.29 is 14.3 Å². The van der Waals surface area contributed by atoms with Gasteiger partial charge in [-0.25, -0.2) is 4.79 Å². The summed E-state index contributed by atoms with van der Waals surface area (Å²) in [5.41, 5.74) is 2.42. The molecule has 1 aromatic heterocycles. The Labute approximate surface area is 144 Å². The third kappa shape index (κ3) is 3.65. The number of fused-ring (bicyclic) bond motifs is 1. The van der Waals surface area contributed by atoms with E-state index in [9.17, 15) is 9.59 Å². The molecule has 0 aliphatic heterocycles. The molecule has 1 heterocycles. The Hall–Kier alpha value is -3.22. The predicted molar refractivity (Wildman–Crippen MR) is 94.5 cm³/mol. The third-order valence-electron chi connectivity index (χ3n) is 3.95. The number of amides is 1. The van der Waals surface area contributed by atoms with Crippen molar-refractivity contribution in [2.75, 3.05) is 20.8 Å². The summed E-state index contributed by atoms with van der Waals surface area (Å²) >= 11 is 0. The van der Waals surface area contributed by atoms with Gasteiger partial charge in [-0.3, -0.25) is 4.79 Å². The Bertz CT molecular complexity index is 958. The first-order chi connectivity index (χ1) is 12.1. The van der Waals surface area contributed by atoms with E-state index in [1.54, 1.807) is 32.4 Å². The number of carbonyl (C=O) groups excluding carboxylic acids is 1. The maximum absolute atomic E-state index is 12.3. The molecule has 1 amide bonds. The number of aromatic nitrogens is 2. The van der Waals surface area contributed by atoms with Crippen molar-refractivity contribution in [3.63, 3.8) is 0 Å². The average molecular weight is 341 g/mol. The standard InChI is InChI=1S/C18H19N3O4/c1-24-13-4-6-16(25-2)11(9-13)7-8-19-17(22)12-3-5-14-15(10-12)21-18(23)20-14/h3-6,9-10H,7-8H2,1-2H3,(H,19,22)(H2,20,21,23). The molecule has 0 unspecified atom stereocenters. The van der Waals surface area contributed by atoms with Crippen LogP contribution in [0.4, 0.5) is 0 Å². The number of benzene rings is 2. The summed E-state index contributed by atoms with van der Waals surface area (Å²) < 4.78 is 10.6. The van der Waals surface area contributed by atoms with Crippen LogP contribution in [0.5, 0.6) is 11.5 Å². The highest BCUT2D eigenvalue weighted by atomic mass is 16.5. The molecule has 0 spiro atoms. The fourth-order valence-corrected chi connectivity index (χ4v) is 2.66. The summed E-state index contributed by atoms with van der Waals surface area (Å²) in [6.07, 6.45) is 0.606. The van der Waals surface area contributed by atoms with Gasteiger partial charge in [0, 0.05) is 12.1 Å². The fraction of sp³-hybridized carbons (Fsp3) is 0.222. The van der Waals surface area contributed by atoms with Gasteiger partial charge < -0.3 is 24.8 Å². The van der Waals surface area contributed by atoms with E-state index in [0.717, 1.165) is 17.1 Å². The third-order valence-corrected chi connectivity index (χ3v) is 3.95. The van der Waals surface area contributed by atoms with E-state index < -0.39 is 0 Å². The van der Waals surface area contributed by atoms with E-state index in [4.69, 9.17) is 9.47 Å². The molecule has 25 heavy (non-hydrogen) atoms. The molecule has 3 rings (SSSR count). The number of H-pyrrole nitrogens is 2. The van der Waals surface area contributed by atoms with Gasteiger partial charge in [0.1, 0.15) is 11.5 Å². The van der Waals surface area contributed by atoms with Crippen LogP contribution in [0.15, 0.2) is 41.2 Å². The van der Waals surface area contributed by atoms with Gasteiger partial charge in [-0.1, -0.05) is 0 Å². The molecule has 7 nitrogen and oxygen atoms in total.